The maximum Gasteiger partial charge on any atom is 0.213 e. The number of fused-ring (bicyclic) bond motifs is 5. The molecule has 1 aromatic rings. The summed E-state index contributed by atoms with van der Waals surface area (Å²) in [6.45, 7) is 7.05. The Morgan fingerprint density at radius 2 is 2.12 bits per heavy atom. The monoisotopic (exact) mass is 436 g/mol. The summed E-state index contributed by atoms with van der Waals surface area (Å²) in [7, 11) is 0. The highest BCUT2D eigenvalue weighted by Gasteiger charge is 2.61. The van der Waals surface area contributed by atoms with Gasteiger partial charge in [-0.1, -0.05) is 31.6 Å². The summed E-state index contributed by atoms with van der Waals surface area (Å²) in [6.07, 6.45) is 12.5. The largest absolute Gasteiger partial charge is 0.476 e. The first-order valence-corrected chi connectivity index (χ1v) is 12.3. The second-order valence-corrected chi connectivity index (χ2v) is 10.8. The molecule has 2 N–H and O–H groups in total. The molecule has 0 saturated heterocycles. The third-order valence-corrected chi connectivity index (χ3v) is 9.25. The highest BCUT2D eigenvalue weighted by Crippen LogP contribution is 2.65. The molecule has 4 aliphatic rings. The van der Waals surface area contributed by atoms with E-state index in [4.69, 9.17) is 4.74 Å². The maximum absolute atomic E-state index is 12.0. The van der Waals surface area contributed by atoms with Gasteiger partial charge in [0.15, 0.2) is 5.78 Å². The lowest BCUT2D eigenvalue weighted by molar-refractivity contribution is -0.118. The third-order valence-electron chi connectivity index (χ3n) is 9.25. The summed E-state index contributed by atoms with van der Waals surface area (Å²) in [6, 6.07) is 5.70. The van der Waals surface area contributed by atoms with Gasteiger partial charge in [0, 0.05) is 30.1 Å². The summed E-state index contributed by atoms with van der Waals surface area (Å²) in [5, 5.41) is 15.1. The highest BCUT2D eigenvalue weighted by atomic mass is 16.5. The maximum atomic E-state index is 12.0. The lowest BCUT2D eigenvalue weighted by Gasteiger charge is -2.59. The Morgan fingerprint density at radius 3 is 2.94 bits per heavy atom. The fraction of sp³-hybridized carbons (Fsp3) is 0.630. The van der Waals surface area contributed by atoms with Crippen LogP contribution in [-0.4, -0.2) is 41.7 Å². The van der Waals surface area contributed by atoms with Crippen molar-refractivity contribution < 1.29 is 14.6 Å². The van der Waals surface area contributed by atoms with Crippen molar-refractivity contribution in [3.05, 3.63) is 48.2 Å². The fourth-order valence-corrected chi connectivity index (χ4v) is 7.70. The number of carbonyl (C=O) groups is 1. The van der Waals surface area contributed by atoms with Crippen LogP contribution in [0.5, 0.6) is 5.88 Å². The predicted molar refractivity (Wildman–Crippen MR) is 124 cm³/mol. The van der Waals surface area contributed by atoms with E-state index in [9.17, 15) is 9.90 Å². The molecule has 5 nitrogen and oxygen atoms in total. The zero-order valence-electron chi connectivity index (χ0n) is 19.3. The average molecular weight is 437 g/mol. The number of aromatic nitrogens is 1. The number of ether oxygens (including phenoxy) is 1. The van der Waals surface area contributed by atoms with E-state index in [1.54, 1.807) is 12.3 Å². The number of aliphatic hydroxyl groups excluding tert-OH is 1. The van der Waals surface area contributed by atoms with Crippen LogP contribution in [0, 0.1) is 34.5 Å². The van der Waals surface area contributed by atoms with E-state index in [1.807, 2.05) is 24.3 Å². The van der Waals surface area contributed by atoms with Crippen LogP contribution in [0.3, 0.4) is 0 Å². The van der Waals surface area contributed by atoms with Crippen LogP contribution in [0.1, 0.15) is 46.0 Å². The summed E-state index contributed by atoms with van der Waals surface area (Å²) >= 11 is 0. The van der Waals surface area contributed by atoms with E-state index >= 15 is 0 Å². The number of aliphatic hydroxyl groups is 1. The van der Waals surface area contributed by atoms with Gasteiger partial charge in [-0.15, -0.1) is 0 Å². The molecular formula is C27H36N2O3. The average Bonchev–Trinajstić information content (AvgIpc) is 3.10. The summed E-state index contributed by atoms with van der Waals surface area (Å²) in [5.74, 6) is 2.75. The minimum Gasteiger partial charge on any atom is -0.476 e. The molecule has 1 heterocycles. The molecule has 32 heavy (non-hydrogen) atoms. The third kappa shape index (κ3) is 3.63. The molecule has 0 spiro atoms. The number of nitrogens with one attached hydrogen (secondary N) is 1. The summed E-state index contributed by atoms with van der Waals surface area (Å²) in [5.41, 5.74) is 1.23. The van der Waals surface area contributed by atoms with Crippen molar-refractivity contribution in [2.24, 2.45) is 34.5 Å². The standard InChI is InChI=1S/C27H36N2O3/c1-26-11-10-20(30)15-18(26)6-8-21-22-9-7-19(27(22,2)16-23(31)25(21)26)17-28-13-14-32-24-5-3-4-12-29-24/h3-5,10-12,15,19,21-23,25,28,31H,6-9,13-14,16-17H2,1-2H3. The molecule has 1 aromatic heterocycles. The van der Waals surface area contributed by atoms with Gasteiger partial charge in [-0.3, -0.25) is 4.79 Å². The number of hydrogen-bond donors (Lipinski definition) is 2. The van der Waals surface area contributed by atoms with Gasteiger partial charge >= 0.3 is 0 Å². The zero-order valence-corrected chi connectivity index (χ0v) is 19.3. The van der Waals surface area contributed by atoms with Gasteiger partial charge in [-0.25, -0.2) is 4.98 Å². The Labute approximate surface area is 191 Å². The minimum atomic E-state index is -0.319. The lowest BCUT2D eigenvalue weighted by Crippen LogP contribution is -2.56. The lowest BCUT2D eigenvalue weighted by atomic mass is 9.47. The normalized spacial score (nSPS) is 40.3. The van der Waals surface area contributed by atoms with Crippen molar-refractivity contribution in [1.82, 2.24) is 10.3 Å². The number of rotatable bonds is 6. The van der Waals surface area contributed by atoms with E-state index in [2.05, 4.69) is 30.2 Å². The Balaban J connectivity index is 1.23. The molecule has 7 unspecified atom stereocenters. The second kappa shape index (κ2) is 8.42. The smallest absolute Gasteiger partial charge is 0.213 e. The van der Waals surface area contributed by atoms with Crippen LogP contribution >= 0.6 is 0 Å². The van der Waals surface area contributed by atoms with Gasteiger partial charge in [0.1, 0.15) is 6.61 Å². The van der Waals surface area contributed by atoms with Crippen molar-refractivity contribution >= 4 is 5.78 Å². The molecule has 3 fully saturated rings. The van der Waals surface area contributed by atoms with Gasteiger partial charge in [-0.05, 0) is 80.0 Å². The summed E-state index contributed by atoms with van der Waals surface area (Å²) < 4.78 is 5.71. The number of carbonyl (C=O) groups excluding carboxylic acids is 1. The molecule has 0 bridgehead atoms. The molecule has 5 heteroatoms. The van der Waals surface area contributed by atoms with Crippen molar-refractivity contribution in [2.75, 3.05) is 19.7 Å². The van der Waals surface area contributed by atoms with Crippen LogP contribution in [-0.2, 0) is 4.79 Å². The van der Waals surface area contributed by atoms with Crippen LogP contribution in [0.4, 0.5) is 0 Å². The number of pyridine rings is 1. The van der Waals surface area contributed by atoms with Gasteiger partial charge in [0.2, 0.25) is 5.88 Å². The van der Waals surface area contributed by atoms with E-state index in [-0.39, 0.29) is 28.6 Å². The Hall–Kier alpha value is -1.98. The van der Waals surface area contributed by atoms with Crippen LogP contribution < -0.4 is 10.1 Å². The second-order valence-electron chi connectivity index (χ2n) is 10.8. The topological polar surface area (TPSA) is 71.5 Å². The van der Waals surface area contributed by atoms with Gasteiger partial charge in [0.05, 0.1) is 6.10 Å². The number of hydrogen-bond acceptors (Lipinski definition) is 5. The molecule has 4 aliphatic carbocycles. The number of nitrogens with zero attached hydrogens (tertiary/aromatic N) is 1. The Bertz CT molecular complexity index is 913. The molecule has 0 aromatic carbocycles. The molecule has 5 rings (SSSR count). The molecule has 172 valence electrons. The SMILES string of the molecule is CC12C=CC(=O)C=C1CCC1C2C(O)CC2(C)C(CNCCOc3ccccn3)CCC12. The van der Waals surface area contributed by atoms with Crippen molar-refractivity contribution in [1.29, 1.82) is 0 Å². The molecule has 3 saturated carbocycles. The minimum absolute atomic E-state index is 0.102. The summed E-state index contributed by atoms with van der Waals surface area (Å²) in [4.78, 5) is 16.2. The van der Waals surface area contributed by atoms with Gasteiger partial charge < -0.3 is 15.2 Å². The van der Waals surface area contributed by atoms with Crippen LogP contribution in [0.15, 0.2) is 48.2 Å². The van der Waals surface area contributed by atoms with E-state index in [0.29, 0.717) is 30.2 Å². The number of allylic oxidation sites excluding steroid dienone is 4. The van der Waals surface area contributed by atoms with E-state index in [0.717, 1.165) is 32.4 Å². The van der Waals surface area contributed by atoms with Gasteiger partial charge in [0.25, 0.3) is 0 Å². The first-order chi connectivity index (χ1) is 15.4. The van der Waals surface area contributed by atoms with E-state index in [1.165, 1.54) is 18.4 Å². The fourth-order valence-electron chi connectivity index (χ4n) is 7.70. The van der Waals surface area contributed by atoms with E-state index < -0.39 is 0 Å². The van der Waals surface area contributed by atoms with Crippen molar-refractivity contribution in [3.63, 3.8) is 0 Å². The van der Waals surface area contributed by atoms with Crippen molar-refractivity contribution in [3.8, 4) is 5.88 Å². The predicted octanol–water partition coefficient (Wildman–Crippen LogP) is 3.94. The molecular weight excluding hydrogens is 400 g/mol. The van der Waals surface area contributed by atoms with Crippen molar-refractivity contribution in [2.45, 2.75) is 52.1 Å². The number of ketones is 1. The zero-order chi connectivity index (χ0) is 22.3. The first-order valence-electron chi connectivity index (χ1n) is 12.3. The van der Waals surface area contributed by atoms with Gasteiger partial charge in [-0.2, -0.15) is 0 Å². The molecule has 7 atom stereocenters. The molecule has 0 radical (unpaired) electrons. The molecule has 0 aliphatic heterocycles. The van der Waals surface area contributed by atoms with Crippen LogP contribution in [0.2, 0.25) is 0 Å². The Kier molecular flexibility index (Phi) is 5.75. The first kappa shape index (κ1) is 21.8. The van der Waals surface area contributed by atoms with Crippen LogP contribution in [0.25, 0.3) is 0 Å². The molecule has 0 amide bonds. The Morgan fingerprint density at radius 1 is 1.25 bits per heavy atom. The highest BCUT2D eigenvalue weighted by molar-refractivity contribution is 6.01. The quantitative estimate of drug-likeness (QED) is 0.661.